The molecule has 4 nitrogen and oxygen atoms in total. The molecule has 0 amide bonds. The molecule has 0 aliphatic heterocycles. The van der Waals surface area contributed by atoms with Gasteiger partial charge in [-0.25, -0.2) is 4.68 Å². The largest absolute Gasteiger partial charge is 0.379 e. The Morgan fingerprint density at radius 1 is 1.35 bits per heavy atom. The normalized spacial score (nSPS) is 23.4. The molecule has 0 radical (unpaired) electrons. The van der Waals surface area contributed by atoms with Gasteiger partial charge in [-0.3, -0.25) is 0 Å². The van der Waals surface area contributed by atoms with E-state index in [1.807, 2.05) is 25.2 Å². The smallest absolute Gasteiger partial charge is 0.133 e. The third kappa shape index (κ3) is 1.48. The maximum Gasteiger partial charge on any atom is 0.133 e. The highest BCUT2D eigenvalue weighted by atomic mass is 16.3. The Kier molecular flexibility index (Phi) is 2.26. The van der Waals surface area contributed by atoms with Gasteiger partial charge >= 0.3 is 0 Å². The molecule has 1 aliphatic carbocycles. The van der Waals surface area contributed by atoms with Gasteiger partial charge in [0.15, 0.2) is 0 Å². The summed E-state index contributed by atoms with van der Waals surface area (Å²) in [5.74, 6) is 0. The van der Waals surface area contributed by atoms with E-state index in [1.165, 1.54) is 5.56 Å². The number of fused-ring (bicyclic) bond motifs is 1. The van der Waals surface area contributed by atoms with Crippen LogP contribution in [0.1, 0.15) is 29.7 Å². The molecule has 3 rings (SSSR count). The average molecular weight is 229 g/mol. The lowest BCUT2D eigenvalue weighted by Gasteiger charge is -2.34. The van der Waals surface area contributed by atoms with E-state index >= 15 is 0 Å². The van der Waals surface area contributed by atoms with Gasteiger partial charge in [0.2, 0.25) is 0 Å². The molecule has 0 fully saturated rings. The van der Waals surface area contributed by atoms with Gasteiger partial charge in [-0.2, -0.15) is 0 Å². The Balaban J connectivity index is 2.19. The van der Waals surface area contributed by atoms with Crippen LogP contribution in [0.5, 0.6) is 0 Å². The number of hydrogen-bond acceptors (Lipinski definition) is 3. The van der Waals surface area contributed by atoms with Gasteiger partial charge in [0, 0.05) is 7.05 Å². The third-order valence-corrected chi connectivity index (χ3v) is 3.59. The molecule has 1 atom stereocenters. The highest BCUT2D eigenvalue weighted by molar-refractivity contribution is 5.40. The third-order valence-electron chi connectivity index (χ3n) is 3.59. The van der Waals surface area contributed by atoms with Crippen molar-refractivity contribution in [2.45, 2.75) is 24.9 Å². The first-order valence-corrected chi connectivity index (χ1v) is 5.88. The van der Waals surface area contributed by atoms with Crippen LogP contribution < -0.4 is 0 Å². The maximum atomic E-state index is 11.0. The highest BCUT2D eigenvalue weighted by Gasteiger charge is 2.38. The van der Waals surface area contributed by atoms with Crippen molar-refractivity contribution in [3.63, 3.8) is 0 Å². The first-order valence-electron chi connectivity index (χ1n) is 5.88. The van der Waals surface area contributed by atoms with Crippen molar-refractivity contribution >= 4 is 0 Å². The molecule has 1 heterocycles. The second-order valence-electron chi connectivity index (χ2n) is 4.61. The molecule has 1 aromatic heterocycles. The molecule has 1 unspecified atom stereocenters. The SMILES string of the molecule is Cn1nncc1C1(O)CCCc2ccccc21. The fourth-order valence-corrected chi connectivity index (χ4v) is 2.74. The van der Waals surface area contributed by atoms with Crippen LogP contribution in [-0.2, 0) is 19.1 Å². The van der Waals surface area contributed by atoms with Crippen molar-refractivity contribution in [3.8, 4) is 0 Å². The molecule has 88 valence electrons. The van der Waals surface area contributed by atoms with Crippen LogP contribution in [0.25, 0.3) is 0 Å². The van der Waals surface area contributed by atoms with E-state index in [-0.39, 0.29) is 0 Å². The van der Waals surface area contributed by atoms with Crippen molar-refractivity contribution in [3.05, 3.63) is 47.3 Å². The number of benzene rings is 1. The Morgan fingerprint density at radius 3 is 2.94 bits per heavy atom. The van der Waals surface area contributed by atoms with E-state index in [2.05, 4.69) is 16.4 Å². The van der Waals surface area contributed by atoms with Gasteiger partial charge in [0.05, 0.1) is 11.9 Å². The number of aryl methyl sites for hydroxylation is 2. The van der Waals surface area contributed by atoms with Crippen LogP contribution in [0.2, 0.25) is 0 Å². The molecular weight excluding hydrogens is 214 g/mol. The molecular formula is C13H15N3O. The summed E-state index contributed by atoms with van der Waals surface area (Å²) in [6.45, 7) is 0. The minimum Gasteiger partial charge on any atom is -0.379 e. The predicted molar refractivity (Wildman–Crippen MR) is 63.4 cm³/mol. The van der Waals surface area contributed by atoms with Crippen LogP contribution in [0.15, 0.2) is 30.5 Å². The maximum absolute atomic E-state index is 11.0. The zero-order chi connectivity index (χ0) is 11.9. The first kappa shape index (κ1) is 10.5. The number of rotatable bonds is 1. The van der Waals surface area contributed by atoms with Gasteiger partial charge in [0.1, 0.15) is 5.60 Å². The molecule has 0 bridgehead atoms. The molecule has 4 heteroatoms. The van der Waals surface area contributed by atoms with E-state index in [9.17, 15) is 5.11 Å². The summed E-state index contributed by atoms with van der Waals surface area (Å²) in [4.78, 5) is 0. The van der Waals surface area contributed by atoms with Crippen LogP contribution in [0.3, 0.4) is 0 Å². The van der Waals surface area contributed by atoms with Crippen molar-refractivity contribution in [1.82, 2.24) is 15.0 Å². The van der Waals surface area contributed by atoms with Crippen LogP contribution >= 0.6 is 0 Å². The topological polar surface area (TPSA) is 50.9 Å². The van der Waals surface area contributed by atoms with E-state index in [4.69, 9.17) is 0 Å². The molecule has 2 aromatic rings. The average Bonchev–Trinajstić information content (AvgIpc) is 2.77. The first-order chi connectivity index (χ1) is 8.22. The molecule has 1 aliphatic rings. The van der Waals surface area contributed by atoms with Gasteiger partial charge in [-0.15, -0.1) is 5.10 Å². The summed E-state index contributed by atoms with van der Waals surface area (Å²) >= 11 is 0. The quantitative estimate of drug-likeness (QED) is 0.804. The Morgan fingerprint density at radius 2 is 2.18 bits per heavy atom. The number of hydrogen-bond donors (Lipinski definition) is 1. The molecule has 17 heavy (non-hydrogen) atoms. The Hall–Kier alpha value is -1.68. The number of aromatic nitrogens is 3. The summed E-state index contributed by atoms with van der Waals surface area (Å²) < 4.78 is 1.65. The fraction of sp³-hybridized carbons (Fsp3) is 0.385. The lowest BCUT2D eigenvalue weighted by molar-refractivity contribution is 0.0532. The fourth-order valence-electron chi connectivity index (χ4n) is 2.74. The minimum absolute atomic E-state index is 0.727. The standard InChI is InChI=1S/C13H15N3O/c1-16-12(9-14-15-16)13(17)8-4-6-10-5-2-3-7-11(10)13/h2-3,5,7,9,17H,4,6,8H2,1H3. The van der Waals surface area contributed by atoms with Crippen molar-refractivity contribution in [2.24, 2.45) is 7.05 Å². The van der Waals surface area contributed by atoms with E-state index in [0.717, 1.165) is 30.5 Å². The van der Waals surface area contributed by atoms with E-state index in [0.29, 0.717) is 0 Å². The van der Waals surface area contributed by atoms with E-state index < -0.39 is 5.60 Å². The molecule has 1 N–H and O–H groups in total. The molecule has 0 spiro atoms. The summed E-state index contributed by atoms with van der Waals surface area (Å²) in [5.41, 5.74) is 2.05. The monoisotopic (exact) mass is 229 g/mol. The van der Waals surface area contributed by atoms with Crippen LogP contribution in [0.4, 0.5) is 0 Å². The van der Waals surface area contributed by atoms with Gasteiger partial charge in [0.25, 0.3) is 0 Å². The summed E-state index contributed by atoms with van der Waals surface area (Å²) in [6.07, 6.45) is 4.40. The second kappa shape index (κ2) is 3.67. The summed E-state index contributed by atoms with van der Waals surface area (Å²) in [6, 6.07) is 8.08. The Labute approximate surface area is 99.9 Å². The molecule has 1 aromatic carbocycles. The van der Waals surface area contributed by atoms with Crippen molar-refractivity contribution in [2.75, 3.05) is 0 Å². The van der Waals surface area contributed by atoms with Crippen molar-refractivity contribution < 1.29 is 5.11 Å². The zero-order valence-electron chi connectivity index (χ0n) is 9.80. The number of nitrogens with zero attached hydrogens (tertiary/aromatic N) is 3. The summed E-state index contributed by atoms with van der Waals surface area (Å²) in [5, 5.41) is 18.7. The minimum atomic E-state index is -0.937. The second-order valence-corrected chi connectivity index (χ2v) is 4.61. The Bertz CT molecular complexity index is 549. The number of aliphatic hydroxyl groups is 1. The zero-order valence-corrected chi connectivity index (χ0v) is 9.80. The molecule has 0 saturated carbocycles. The highest BCUT2D eigenvalue weighted by Crippen LogP contribution is 2.39. The summed E-state index contributed by atoms with van der Waals surface area (Å²) in [7, 11) is 1.82. The van der Waals surface area contributed by atoms with Gasteiger partial charge < -0.3 is 5.11 Å². The van der Waals surface area contributed by atoms with E-state index in [1.54, 1.807) is 10.9 Å². The lowest BCUT2D eigenvalue weighted by atomic mass is 9.77. The van der Waals surface area contributed by atoms with Crippen molar-refractivity contribution in [1.29, 1.82) is 0 Å². The van der Waals surface area contributed by atoms with Gasteiger partial charge in [-0.05, 0) is 30.4 Å². The van der Waals surface area contributed by atoms with Gasteiger partial charge in [-0.1, -0.05) is 29.5 Å². The van der Waals surface area contributed by atoms with Crippen LogP contribution in [0, 0.1) is 0 Å². The molecule has 0 saturated heterocycles. The van der Waals surface area contributed by atoms with Crippen LogP contribution in [-0.4, -0.2) is 20.1 Å². The lowest BCUT2D eigenvalue weighted by Crippen LogP contribution is -2.34. The predicted octanol–water partition coefficient (Wildman–Crippen LogP) is 1.39.